The standard InChI is InChI=1S/C31H53N7O10/c1-16(2)12-20(34-26(42)22(15-40)36-28(44)24-9-6-10-37(24)29(45)19(32)14-39)25(41)35-21(13-17(3)4)30(46)38-11-7-8-23(38)27(43)33-18(5)31(47)48/h16-24,39-40H,6-15,32H2,1-5H3,(H,33,43)(H,34,42)(H,35,41)(H,36,44)(H,47,48)/t18-,19-,20-,21-,22-,23-,24-/m0/s1. The molecule has 272 valence electrons. The van der Waals surface area contributed by atoms with Crippen LogP contribution in [0.3, 0.4) is 0 Å². The highest BCUT2D eigenvalue weighted by molar-refractivity contribution is 5.97. The van der Waals surface area contributed by atoms with Crippen molar-refractivity contribution in [1.29, 1.82) is 0 Å². The van der Waals surface area contributed by atoms with Crippen LogP contribution in [0.2, 0.25) is 0 Å². The van der Waals surface area contributed by atoms with Crippen LogP contribution in [-0.4, -0.2) is 135 Å². The number of aliphatic carboxylic acids is 1. The van der Waals surface area contributed by atoms with E-state index in [1.807, 2.05) is 27.7 Å². The number of carbonyl (C=O) groups is 7. The van der Waals surface area contributed by atoms with E-state index in [4.69, 9.17) is 5.73 Å². The summed E-state index contributed by atoms with van der Waals surface area (Å²) in [6.45, 7) is 7.73. The van der Waals surface area contributed by atoms with E-state index in [2.05, 4.69) is 21.3 Å². The van der Waals surface area contributed by atoms with E-state index in [0.29, 0.717) is 19.3 Å². The SMILES string of the molecule is CC(C)C[C@H](NC(=O)[C@H](CO)NC(=O)[C@@H]1CCCN1C(=O)[C@@H](N)CO)C(=O)N[C@@H](CC(C)C)C(=O)N1CCC[C@H]1C(=O)N[C@@H](C)C(=O)O. The summed E-state index contributed by atoms with van der Waals surface area (Å²) in [5, 5.41) is 38.6. The van der Waals surface area contributed by atoms with Crippen LogP contribution < -0.4 is 27.0 Å². The zero-order valence-electron chi connectivity index (χ0n) is 28.4. The number of aliphatic hydroxyl groups excluding tert-OH is 2. The first kappa shape index (κ1) is 40.3. The Labute approximate surface area is 280 Å². The Kier molecular flexibility index (Phi) is 15.7. The van der Waals surface area contributed by atoms with Crippen LogP contribution >= 0.6 is 0 Å². The van der Waals surface area contributed by atoms with Crippen LogP contribution in [0.1, 0.15) is 73.1 Å². The summed E-state index contributed by atoms with van der Waals surface area (Å²) in [6.07, 6.45) is 1.99. The van der Waals surface area contributed by atoms with Gasteiger partial charge in [-0.25, -0.2) is 0 Å². The van der Waals surface area contributed by atoms with Crippen LogP contribution in [0.25, 0.3) is 0 Å². The molecule has 48 heavy (non-hydrogen) atoms. The molecule has 9 N–H and O–H groups in total. The zero-order valence-corrected chi connectivity index (χ0v) is 28.4. The Hall–Kier alpha value is -3.83. The van der Waals surface area contributed by atoms with Crippen LogP contribution in [-0.2, 0) is 33.6 Å². The number of carbonyl (C=O) groups excluding carboxylic acids is 6. The number of hydrogen-bond donors (Lipinski definition) is 8. The summed E-state index contributed by atoms with van der Waals surface area (Å²) in [4.78, 5) is 93.0. The predicted molar refractivity (Wildman–Crippen MR) is 172 cm³/mol. The van der Waals surface area contributed by atoms with E-state index in [1.54, 1.807) is 0 Å². The third-order valence-electron chi connectivity index (χ3n) is 8.40. The third kappa shape index (κ3) is 11.1. The van der Waals surface area contributed by atoms with E-state index < -0.39 is 96.9 Å². The average molecular weight is 684 g/mol. The fraction of sp³-hybridized carbons (Fsp3) is 0.774. The first-order valence-electron chi connectivity index (χ1n) is 16.5. The molecule has 2 aliphatic rings. The smallest absolute Gasteiger partial charge is 0.325 e. The molecule has 0 aromatic rings. The molecule has 0 aliphatic carbocycles. The van der Waals surface area contributed by atoms with Crippen LogP contribution in [0, 0.1) is 11.8 Å². The molecule has 2 fully saturated rings. The maximum atomic E-state index is 13.8. The minimum atomic E-state index is -1.46. The molecule has 0 radical (unpaired) electrons. The second kappa shape index (κ2) is 18.6. The van der Waals surface area contributed by atoms with Gasteiger partial charge in [-0.15, -0.1) is 0 Å². The topological polar surface area (TPSA) is 261 Å². The Balaban J connectivity index is 2.18. The van der Waals surface area contributed by atoms with Gasteiger partial charge in [-0.3, -0.25) is 33.6 Å². The van der Waals surface area contributed by atoms with E-state index >= 15 is 0 Å². The van der Waals surface area contributed by atoms with Gasteiger partial charge >= 0.3 is 5.97 Å². The second-order valence-corrected chi connectivity index (χ2v) is 13.4. The summed E-state index contributed by atoms with van der Waals surface area (Å²) in [5.74, 6) is -5.33. The molecule has 2 heterocycles. The molecular weight excluding hydrogens is 630 g/mol. The molecule has 2 rings (SSSR count). The van der Waals surface area contributed by atoms with E-state index in [0.717, 1.165) is 0 Å². The number of hydrogen-bond acceptors (Lipinski definition) is 10. The van der Waals surface area contributed by atoms with Gasteiger partial charge in [0.15, 0.2) is 0 Å². The quantitative estimate of drug-likeness (QED) is 0.0789. The van der Waals surface area contributed by atoms with Gasteiger partial charge in [0, 0.05) is 13.1 Å². The average Bonchev–Trinajstić information content (AvgIpc) is 3.72. The Bertz CT molecular complexity index is 1180. The lowest BCUT2D eigenvalue weighted by Crippen LogP contribution is -2.60. The van der Waals surface area contributed by atoms with Gasteiger partial charge in [-0.1, -0.05) is 27.7 Å². The van der Waals surface area contributed by atoms with Crippen molar-refractivity contribution in [3.8, 4) is 0 Å². The van der Waals surface area contributed by atoms with E-state index in [-0.39, 0.29) is 44.2 Å². The molecule has 17 nitrogen and oxygen atoms in total. The van der Waals surface area contributed by atoms with E-state index in [1.165, 1.54) is 16.7 Å². The largest absolute Gasteiger partial charge is 0.480 e. The highest BCUT2D eigenvalue weighted by Gasteiger charge is 2.40. The van der Waals surface area contributed by atoms with Gasteiger partial charge in [-0.05, 0) is 57.3 Å². The molecule has 0 spiro atoms. The Morgan fingerprint density at radius 1 is 0.667 bits per heavy atom. The molecule has 0 saturated carbocycles. The van der Waals surface area contributed by atoms with Crippen molar-refractivity contribution in [1.82, 2.24) is 31.1 Å². The number of carboxylic acid groups (broad SMARTS) is 1. The summed E-state index contributed by atoms with van der Waals surface area (Å²) < 4.78 is 0. The van der Waals surface area contributed by atoms with Crippen LogP contribution in [0.15, 0.2) is 0 Å². The lowest BCUT2D eigenvalue weighted by atomic mass is 9.99. The third-order valence-corrected chi connectivity index (χ3v) is 8.40. The zero-order chi connectivity index (χ0) is 36.3. The van der Waals surface area contributed by atoms with Gasteiger partial charge in [-0.2, -0.15) is 0 Å². The molecule has 0 aromatic carbocycles. The van der Waals surface area contributed by atoms with Gasteiger partial charge in [0.25, 0.3) is 0 Å². The van der Waals surface area contributed by atoms with Gasteiger partial charge in [0.2, 0.25) is 35.4 Å². The predicted octanol–water partition coefficient (Wildman–Crippen LogP) is -2.58. The normalized spacial score (nSPS) is 20.9. The first-order valence-corrected chi connectivity index (χ1v) is 16.5. The van der Waals surface area contributed by atoms with Crippen molar-refractivity contribution in [2.24, 2.45) is 17.6 Å². The highest BCUT2D eigenvalue weighted by Crippen LogP contribution is 2.21. The summed E-state index contributed by atoms with van der Waals surface area (Å²) in [7, 11) is 0. The van der Waals surface area contributed by atoms with Crippen LogP contribution in [0.5, 0.6) is 0 Å². The summed E-state index contributed by atoms with van der Waals surface area (Å²) >= 11 is 0. The lowest BCUT2D eigenvalue weighted by molar-refractivity contribution is -0.144. The Morgan fingerprint density at radius 2 is 1.12 bits per heavy atom. The monoisotopic (exact) mass is 683 g/mol. The number of rotatable bonds is 17. The molecule has 0 unspecified atom stereocenters. The van der Waals surface area contributed by atoms with Crippen molar-refractivity contribution in [3.05, 3.63) is 0 Å². The summed E-state index contributed by atoms with van der Waals surface area (Å²) in [5.41, 5.74) is 5.64. The number of likely N-dealkylation sites (tertiary alicyclic amines) is 2. The van der Waals surface area contributed by atoms with Crippen LogP contribution in [0.4, 0.5) is 0 Å². The van der Waals surface area contributed by atoms with Crippen molar-refractivity contribution in [2.75, 3.05) is 26.3 Å². The fourth-order valence-electron chi connectivity index (χ4n) is 5.87. The van der Waals surface area contributed by atoms with E-state index in [9.17, 15) is 48.9 Å². The molecular formula is C31H53N7O10. The second-order valence-electron chi connectivity index (χ2n) is 13.4. The number of nitrogens with zero attached hydrogens (tertiary/aromatic N) is 2. The maximum absolute atomic E-state index is 13.8. The number of amides is 6. The molecule has 6 amide bonds. The maximum Gasteiger partial charge on any atom is 0.325 e. The number of aliphatic hydroxyl groups is 2. The fourth-order valence-corrected chi connectivity index (χ4v) is 5.87. The molecule has 7 atom stereocenters. The first-order chi connectivity index (χ1) is 22.5. The van der Waals surface area contributed by atoms with Crippen molar-refractivity contribution < 1.29 is 48.9 Å². The van der Waals surface area contributed by atoms with Gasteiger partial charge in [0.05, 0.1) is 13.2 Å². The number of nitrogens with two attached hydrogens (primary N) is 1. The molecule has 0 bridgehead atoms. The van der Waals surface area contributed by atoms with Gasteiger partial charge in [0.1, 0.15) is 42.3 Å². The molecule has 2 aliphatic heterocycles. The minimum absolute atomic E-state index is 0.0535. The molecule has 2 saturated heterocycles. The number of carboxylic acids is 1. The molecule has 0 aromatic heterocycles. The van der Waals surface area contributed by atoms with Crippen molar-refractivity contribution in [3.63, 3.8) is 0 Å². The summed E-state index contributed by atoms with van der Waals surface area (Å²) in [6, 6.07) is -7.90. The minimum Gasteiger partial charge on any atom is -0.480 e. The number of nitrogens with one attached hydrogen (secondary N) is 4. The lowest BCUT2D eigenvalue weighted by Gasteiger charge is -2.31. The van der Waals surface area contributed by atoms with Crippen molar-refractivity contribution >= 4 is 41.4 Å². The Morgan fingerprint density at radius 3 is 1.60 bits per heavy atom. The molecule has 17 heteroatoms. The highest BCUT2D eigenvalue weighted by atomic mass is 16.4. The van der Waals surface area contributed by atoms with Gasteiger partial charge < -0.3 is 52.1 Å². The van der Waals surface area contributed by atoms with Crippen molar-refractivity contribution in [2.45, 2.75) is 115 Å².